The molecule has 5 nitrogen and oxygen atoms in total. The Hall–Kier alpha value is -2.04. The summed E-state index contributed by atoms with van der Waals surface area (Å²) in [6, 6.07) is 5.04. The number of ether oxygens (including phenoxy) is 1. The van der Waals surface area contributed by atoms with Crippen molar-refractivity contribution < 1.29 is 13.9 Å². The lowest BCUT2D eigenvalue weighted by Crippen LogP contribution is -2.20. The van der Waals surface area contributed by atoms with Crippen molar-refractivity contribution >= 4 is 5.97 Å². The Kier molecular flexibility index (Phi) is 3.05. The molecule has 0 aliphatic rings. The molecule has 2 aromatic heterocycles. The summed E-state index contributed by atoms with van der Waals surface area (Å²) in [5, 5.41) is 4.03. The summed E-state index contributed by atoms with van der Waals surface area (Å²) in [4.78, 5) is 11.5. The van der Waals surface area contributed by atoms with Gasteiger partial charge in [0.2, 0.25) is 5.76 Å². The van der Waals surface area contributed by atoms with Gasteiger partial charge in [0, 0.05) is 12.4 Å². The van der Waals surface area contributed by atoms with Gasteiger partial charge in [0.1, 0.15) is 6.10 Å². The molecule has 0 unspecified atom stereocenters. The van der Waals surface area contributed by atoms with Crippen LogP contribution in [0, 0.1) is 0 Å². The van der Waals surface area contributed by atoms with E-state index >= 15 is 0 Å². The van der Waals surface area contributed by atoms with E-state index in [0.29, 0.717) is 6.54 Å². The monoisotopic (exact) mass is 220 g/mol. The van der Waals surface area contributed by atoms with Crippen LogP contribution in [0.5, 0.6) is 0 Å². The first kappa shape index (κ1) is 10.5. The van der Waals surface area contributed by atoms with Crippen LogP contribution in [-0.4, -0.2) is 21.9 Å². The smallest absolute Gasteiger partial charge is 0.374 e. The summed E-state index contributed by atoms with van der Waals surface area (Å²) in [5.74, 6) is -0.239. The molecule has 1 atom stereocenters. The van der Waals surface area contributed by atoms with Gasteiger partial charge in [-0.25, -0.2) is 4.79 Å². The van der Waals surface area contributed by atoms with Gasteiger partial charge in [0.25, 0.3) is 0 Å². The van der Waals surface area contributed by atoms with E-state index in [4.69, 9.17) is 9.15 Å². The molecule has 0 aromatic carbocycles. The Bertz CT molecular complexity index is 434. The Morgan fingerprint density at radius 1 is 1.62 bits per heavy atom. The average molecular weight is 220 g/mol. The van der Waals surface area contributed by atoms with Crippen molar-refractivity contribution in [2.24, 2.45) is 0 Å². The van der Waals surface area contributed by atoms with Gasteiger partial charge in [-0.3, -0.25) is 4.68 Å². The highest BCUT2D eigenvalue weighted by Gasteiger charge is 2.14. The molecule has 0 fully saturated rings. The summed E-state index contributed by atoms with van der Waals surface area (Å²) in [5.41, 5.74) is 0. The quantitative estimate of drug-likeness (QED) is 0.736. The minimum atomic E-state index is -0.454. The molecule has 0 radical (unpaired) electrons. The lowest BCUT2D eigenvalue weighted by Gasteiger charge is -2.11. The van der Waals surface area contributed by atoms with E-state index in [1.54, 1.807) is 23.0 Å². The van der Waals surface area contributed by atoms with Crippen LogP contribution in [0.3, 0.4) is 0 Å². The van der Waals surface area contributed by atoms with Crippen LogP contribution in [0.25, 0.3) is 0 Å². The Balaban J connectivity index is 1.88. The van der Waals surface area contributed by atoms with Gasteiger partial charge in [0.05, 0.1) is 12.8 Å². The zero-order valence-corrected chi connectivity index (χ0v) is 8.87. The highest BCUT2D eigenvalue weighted by atomic mass is 16.6. The normalized spacial score (nSPS) is 12.3. The molecule has 0 aliphatic carbocycles. The molecule has 0 amide bonds. The van der Waals surface area contributed by atoms with Gasteiger partial charge < -0.3 is 9.15 Å². The molecule has 5 heteroatoms. The van der Waals surface area contributed by atoms with Crippen LogP contribution in [-0.2, 0) is 11.3 Å². The molecule has 0 N–H and O–H groups in total. The zero-order valence-electron chi connectivity index (χ0n) is 8.87. The average Bonchev–Trinajstić information content (AvgIpc) is 2.88. The van der Waals surface area contributed by atoms with E-state index in [-0.39, 0.29) is 11.9 Å². The number of furan rings is 1. The largest absolute Gasteiger partial charge is 0.457 e. The number of rotatable bonds is 4. The van der Waals surface area contributed by atoms with E-state index in [2.05, 4.69) is 5.10 Å². The van der Waals surface area contributed by atoms with Crippen LogP contribution in [0.4, 0.5) is 0 Å². The van der Waals surface area contributed by atoms with Crippen molar-refractivity contribution in [3.05, 3.63) is 42.6 Å². The van der Waals surface area contributed by atoms with Crippen LogP contribution < -0.4 is 0 Å². The fourth-order valence-corrected chi connectivity index (χ4v) is 1.34. The minimum Gasteiger partial charge on any atom is -0.457 e. The van der Waals surface area contributed by atoms with E-state index in [1.807, 2.05) is 19.2 Å². The molecule has 0 saturated heterocycles. The number of hydrogen-bond acceptors (Lipinski definition) is 4. The highest BCUT2D eigenvalue weighted by Crippen LogP contribution is 2.05. The van der Waals surface area contributed by atoms with Gasteiger partial charge in [-0.2, -0.15) is 5.10 Å². The maximum atomic E-state index is 11.5. The summed E-state index contributed by atoms with van der Waals surface area (Å²) in [6.45, 7) is 2.34. The zero-order chi connectivity index (χ0) is 11.4. The Labute approximate surface area is 92.6 Å². The van der Waals surface area contributed by atoms with Gasteiger partial charge in [-0.05, 0) is 25.1 Å². The lowest BCUT2D eigenvalue weighted by molar-refractivity contribution is 0.0263. The molecule has 2 aromatic rings. The maximum Gasteiger partial charge on any atom is 0.374 e. The SMILES string of the molecule is C[C@@H](Cn1cccn1)OC(=O)c1ccco1. The third kappa shape index (κ3) is 2.50. The molecule has 84 valence electrons. The van der Waals surface area contributed by atoms with Crippen molar-refractivity contribution in [2.75, 3.05) is 0 Å². The van der Waals surface area contributed by atoms with E-state index in [0.717, 1.165) is 0 Å². The first-order valence-electron chi connectivity index (χ1n) is 4.97. The highest BCUT2D eigenvalue weighted by molar-refractivity contribution is 5.86. The van der Waals surface area contributed by atoms with E-state index in [1.165, 1.54) is 6.26 Å². The third-order valence-electron chi connectivity index (χ3n) is 2.03. The molecule has 2 heterocycles. The van der Waals surface area contributed by atoms with Gasteiger partial charge in [-0.15, -0.1) is 0 Å². The van der Waals surface area contributed by atoms with Crippen molar-refractivity contribution in [3.8, 4) is 0 Å². The number of carbonyl (C=O) groups excluding carboxylic acids is 1. The second-order valence-corrected chi connectivity index (χ2v) is 3.42. The predicted molar refractivity (Wildman–Crippen MR) is 55.8 cm³/mol. The second kappa shape index (κ2) is 4.65. The Morgan fingerprint density at radius 3 is 3.12 bits per heavy atom. The van der Waals surface area contributed by atoms with Gasteiger partial charge in [0.15, 0.2) is 0 Å². The molecular formula is C11H12N2O3. The minimum absolute atomic E-state index is 0.215. The number of carbonyl (C=O) groups is 1. The fraction of sp³-hybridized carbons (Fsp3) is 0.273. The summed E-state index contributed by atoms with van der Waals surface area (Å²) in [7, 11) is 0. The maximum absolute atomic E-state index is 11.5. The van der Waals surface area contributed by atoms with Crippen LogP contribution in [0.1, 0.15) is 17.5 Å². The predicted octanol–water partition coefficient (Wildman–Crippen LogP) is 1.72. The molecule has 16 heavy (non-hydrogen) atoms. The first-order chi connectivity index (χ1) is 7.75. The van der Waals surface area contributed by atoms with Gasteiger partial charge >= 0.3 is 5.97 Å². The third-order valence-corrected chi connectivity index (χ3v) is 2.03. The standard InChI is InChI=1S/C11H12N2O3/c1-9(8-13-6-3-5-12-13)16-11(14)10-4-2-7-15-10/h2-7,9H,8H2,1H3/t9-/m0/s1. The van der Waals surface area contributed by atoms with Crippen molar-refractivity contribution in [2.45, 2.75) is 19.6 Å². The Morgan fingerprint density at radius 2 is 2.50 bits per heavy atom. The molecule has 0 spiro atoms. The van der Waals surface area contributed by atoms with Gasteiger partial charge in [-0.1, -0.05) is 0 Å². The number of hydrogen-bond donors (Lipinski definition) is 0. The van der Waals surface area contributed by atoms with Crippen LogP contribution >= 0.6 is 0 Å². The molecule has 0 saturated carbocycles. The number of aromatic nitrogens is 2. The van der Waals surface area contributed by atoms with Crippen molar-refractivity contribution in [1.29, 1.82) is 0 Å². The lowest BCUT2D eigenvalue weighted by atomic mass is 10.4. The fourth-order valence-electron chi connectivity index (χ4n) is 1.34. The van der Waals surface area contributed by atoms with E-state index in [9.17, 15) is 4.79 Å². The van der Waals surface area contributed by atoms with Crippen molar-refractivity contribution in [3.63, 3.8) is 0 Å². The molecule has 2 rings (SSSR count). The van der Waals surface area contributed by atoms with Crippen molar-refractivity contribution in [1.82, 2.24) is 9.78 Å². The van der Waals surface area contributed by atoms with Crippen LogP contribution in [0.15, 0.2) is 41.3 Å². The first-order valence-corrected chi connectivity index (χ1v) is 4.97. The van der Waals surface area contributed by atoms with E-state index < -0.39 is 5.97 Å². The second-order valence-electron chi connectivity index (χ2n) is 3.42. The molecular weight excluding hydrogens is 208 g/mol. The molecule has 0 bridgehead atoms. The summed E-state index contributed by atoms with van der Waals surface area (Å²) in [6.07, 6.45) is 4.69. The molecule has 0 aliphatic heterocycles. The summed E-state index contributed by atoms with van der Waals surface area (Å²) < 4.78 is 11.8. The topological polar surface area (TPSA) is 57.3 Å². The van der Waals surface area contributed by atoms with Crippen LogP contribution in [0.2, 0.25) is 0 Å². The number of nitrogens with zero attached hydrogens (tertiary/aromatic N) is 2. The number of esters is 1. The summed E-state index contributed by atoms with van der Waals surface area (Å²) >= 11 is 0.